The maximum atomic E-state index is 13.2. The highest BCUT2D eigenvalue weighted by molar-refractivity contribution is 7.98. The smallest absolute Gasteiger partial charge is 0.306 e. The van der Waals surface area contributed by atoms with Crippen LogP contribution in [0.1, 0.15) is 37.7 Å². The van der Waals surface area contributed by atoms with Gasteiger partial charge in [-0.15, -0.1) is 11.8 Å². The first kappa shape index (κ1) is 30.3. The van der Waals surface area contributed by atoms with Crippen LogP contribution in [0.2, 0.25) is 0 Å². The molecule has 0 bridgehead atoms. The summed E-state index contributed by atoms with van der Waals surface area (Å²) in [6.07, 6.45) is 9.16. The fourth-order valence-electron chi connectivity index (χ4n) is 5.47. The summed E-state index contributed by atoms with van der Waals surface area (Å²) in [6.45, 7) is 3.35. The largest absolute Gasteiger partial charge is 0.497 e. The number of hydrogen-bond acceptors (Lipinski definition) is 8. The van der Waals surface area contributed by atoms with E-state index < -0.39 is 0 Å². The molecule has 3 atom stereocenters. The lowest BCUT2D eigenvalue weighted by molar-refractivity contribution is -0.141. The summed E-state index contributed by atoms with van der Waals surface area (Å²) in [5.74, 6) is 1.47. The van der Waals surface area contributed by atoms with Gasteiger partial charge >= 0.3 is 5.97 Å². The Kier molecular flexibility index (Phi) is 12.1. The molecule has 1 saturated heterocycles. The van der Waals surface area contributed by atoms with E-state index in [-0.39, 0.29) is 29.8 Å². The third-order valence-corrected chi connectivity index (χ3v) is 7.94. The normalized spacial score (nSPS) is 21.6. The molecule has 4 rings (SSSR count). The lowest BCUT2D eigenvalue weighted by Gasteiger charge is -2.35. The van der Waals surface area contributed by atoms with Gasteiger partial charge in [0.1, 0.15) is 11.7 Å². The van der Waals surface area contributed by atoms with Crippen LogP contribution in [0, 0.1) is 5.92 Å². The van der Waals surface area contributed by atoms with Crippen LogP contribution in [0.25, 0.3) is 11.1 Å². The Morgan fingerprint density at radius 2 is 1.70 bits per heavy atom. The number of hydrogen-bond donors (Lipinski definition) is 0. The number of ether oxygens (including phenoxy) is 4. The number of carbonyl (C=O) groups excluding carboxylic acids is 2. The van der Waals surface area contributed by atoms with Crippen LogP contribution in [0.5, 0.6) is 5.75 Å². The number of Topliss-reactive ketones (excluding diaryl/α,β-unsaturated/α-hetero) is 1. The molecule has 1 heterocycles. The molecule has 2 aromatic carbocycles. The number of rotatable bonds is 14. The monoisotopic (exact) mass is 567 g/mol. The molecule has 1 aliphatic carbocycles. The van der Waals surface area contributed by atoms with Crippen LogP contribution in [-0.4, -0.2) is 74.4 Å². The summed E-state index contributed by atoms with van der Waals surface area (Å²) < 4.78 is 22.3. The molecule has 7 nitrogen and oxygen atoms in total. The van der Waals surface area contributed by atoms with Crippen molar-refractivity contribution < 1.29 is 28.5 Å². The van der Waals surface area contributed by atoms with E-state index in [2.05, 4.69) is 47.4 Å². The number of morpholine rings is 1. The zero-order valence-corrected chi connectivity index (χ0v) is 24.4. The minimum absolute atomic E-state index is 0.114. The van der Waals surface area contributed by atoms with Crippen LogP contribution in [0.4, 0.5) is 0 Å². The highest BCUT2D eigenvalue weighted by atomic mass is 32.2. The zero-order valence-electron chi connectivity index (χ0n) is 23.6. The molecule has 0 spiro atoms. The van der Waals surface area contributed by atoms with Gasteiger partial charge in [0.05, 0.1) is 39.1 Å². The van der Waals surface area contributed by atoms with Gasteiger partial charge in [-0.25, -0.2) is 0 Å². The Hall–Kier alpha value is -2.65. The van der Waals surface area contributed by atoms with Gasteiger partial charge in [-0.1, -0.05) is 48.6 Å². The molecule has 0 amide bonds. The van der Waals surface area contributed by atoms with Crippen LogP contribution < -0.4 is 4.74 Å². The van der Waals surface area contributed by atoms with Crippen LogP contribution in [0.3, 0.4) is 0 Å². The maximum absolute atomic E-state index is 13.2. The fourth-order valence-corrected chi connectivity index (χ4v) is 5.72. The lowest BCUT2D eigenvalue weighted by atomic mass is 9.93. The van der Waals surface area contributed by atoms with Gasteiger partial charge in [0.15, 0.2) is 5.78 Å². The van der Waals surface area contributed by atoms with Crippen molar-refractivity contribution in [1.82, 2.24) is 4.90 Å². The first-order valence-corrected chi connectivity index (χ1v) is 15.5. The molecule has 0 N–H and O–H groups in total. The van der Waals surface area contributed by atoms with E-state index >= 15 is 0 Å². The number of esters is 1. The third kappa shape index (κ3) is 8.67. The van der Waals surface area contributed by atoms with Gasteiger partial charge in [-0.3, -0.25) is 14.5 Å². The van der Waals surface area contributed by atoms with E-state index in [0.717, 1.165) is 48.4 Å². The Morgan fingerprint density at radius 1 is 1.02 bits per heavy atom. The first-order chi connectivity index (χ1) is 19.6. The van der Waals surface area contributed by atoms with Gasteiger partial charge in [-0.05, 0) is 54.3 Å². The number of carbonyl (C=O) groups is 2. The van der Waals surface area contributed by atoms with E-state index in [0.29, 0.717) is 45.0 Å². The number of methoxy groups -OCH3 is 1. The number of ketones is 1. The molecule has 2 fully saturated rings. The second-order valence-electron chi connectivity index (χ2n) is 10.2. The summed E-state index contributed by atoms with van der Waals surface area (Å²) in [4.78, 5) is 27.2. The molecular formula is C32H41NO6S. The van der Waals surface area contributed by atoms with Crippen molar-refractivity contribution in [1.29, 1.82) is 0 Å². The fraction of sp³-hybridized carbons (Fsp3) is 0.500. The quantitative estimate of drug-likeness (QED) is 0.168. The molecule has 8 heteroatoms. The maximum Gasteiger partial charge on any atom is 0.306 e. The number of allylic oxidation sites excluding steroid dienone is 2. The SMILES string of the molecule is COc1ccc(-c2ccc(CO[C@H]3CC(=O)[C@H](N4CCOCC4)C3CC/C=C\CCC(=O)OCSC)cc2)cc1. The van der Waals surface area contributed by atoms with Crippen molar-refractivity contribution in [2.45, 2.75) is 50.9 Å². The van der Waals surface area contributed by atoms with Gasteiger partial charge in [0.2, 0.25) is 0 Å². The lowest BCUT2D eigenvalue weighted by Crippen LogP contribution is -2.49. The summed E-state index contributed by atoms with van der Waals surface area (Å²) in [7, 11) is 1.67. The van der Waals surface area contributed by atoms with E-state index in [9.17, 15) is 9.59 Å². The standard InChI is InChI=1S/C32H41NO6S/c1-36-27-15-13-26(14-16-27)25-11-9-24(10-12-25)22-38-30-21-29(34)32(33-17-19-37-20-18-33)28(30)7-5-3-4-6-8-31(35)39-23-40-2/h3-4,9-16,28,30,32H,5-8,17-23H2,1-2H3/b4-3-/t28?,30-,32+/m0/s1. The summed E-state index contributed by atoms with van der Waals surface area (Å²) in [6, 6.07) is 16.3. The van der Waals surface area contributed by atoms with Crippen LogP contribution in [0.15, 0.2) is 60.7 Å². The van der Waals surface area contributed by atoms with Crippen molar-refractivity contribution in [3.05, 3.63) is 66.2 Å². The zero-order chi connectivity index (χ0) is 28.2. The van der Waals surface area contributed by atoms with Crippen molar-refractivity contribution in [2.75, 3.05) is 45.6 Å². The second-order valence-corrected chi connectivity index (χ2v) is 11.0. The van der Waals surface area contributed by atoms with Crippen LogP contribution >= 0.6 is 11.8 Å². The molecule has 1 saturated carbocycles. The highest BCUT2D eigenvalue weighted by Gasteiger charge is 2.45. The molecule has 40 heavy (non-hydrogen) atoms. The Balaban J connectivity index is 1.34. The van der Waals surface area contributed by atoms with Gasteiger partial charge in [-0.2, -0.15) is 0 Å². The van der Waals surface area contributed by atoms with Gasteiger partial charge in [0.25, 0.3) is 0 Å². The molecule has 2 aromatic rings. The molecular weight excluding hydrogens is 526 g/mol. The van der Waals surface area contributed by atoms with E-state index in [1.54, 1.807) is 7.11 Å². The summed E-state index contributed by atoms with van der Waals surface area (Å²) >= 11 is 1.49. The Morgan fingerprint density at radius 3 is 2.38 bits per heavy atom. The summed E-state index contributed by atoms with van der Waals surface area (Å²) in [5, 5.41) is 0. The van der Waals surface area contributed by atoms with Crippen molar-refractivity contribution in [3.63, 3.8) is 0 Å². The number of thioether (sulfide) groups is 1. The van der Waals surface area contributed by atoms with Crippen molar-refractivity contribution >= 4 is 23.5 Å². The molecule has 0 aromatic heterocycles. The molecule has 1 aliphatic heterocycles. The average Bonchev–Trinajstić information content (AvgIpc) is 3.31. The molecule has 216 valence electrons. The first-order valence-electron chi connectivity index (χ1n) is 14.1. The van der Waals surface area contributed by atoms with E-state index in [4.69, 9.17) is 18.9 Å². The average molecular weight is 568 g/mol. The number of nitrogens with zero attached hydrogens (tertiary/aromatic N) is 1. The number of benzene rings is 2. The van der Waals surface area contributed by atoms with Crippen molar-refractivity contribution in [2.24, 2.45) is 5.92 Å². The second kappa shape index (κ2) is 16.0. The molecule has 2 aliphatic rings. The minimum Gasteiger partial charge on any atom is -0.497 e. The predicted octanol–water partition coefficient (Wildman–Crippen LogP) is 5.52. The molecule has 0 radical (unpaired) electrons. The predicted molar refractivity (Wildman–Crippen MR) is 158 cm³/mol. The van der Waals surface area contributed by atoms with E-state index in [1.165, 1.54) is 11.8 Å². The van der Waals surface area contributed by atoms with E-state index in [1.807, 2.05) is 24.5 Å². The highest BCUT2D eigenvalue weighted by Crippen LogP contribution is 2.35. The Bertz CT molecular complexity index is 1100. The minimum atomic E-state index is -0.168. The van der Waals surface area contributed by atoms with Gasteiger partial charge in [0, 0.05) is 31.8 Å². The van der Waals surface area contributed by atoms with Gasteiger partial charge < -0.3 is 18.9 Å². The summed E-state index contributed by atoms with van der Waals surface area (Å²) in [5.41, 5.74) is 3.36. The van der Waals surface area contributed by atoms with Crippen LogP contribution in [-0.2, 0) is 30.4 Å². The molecule has 1 unspecified atom stereocenters. The topological polar surface area (TPSA) is 74.3 Å². The third-order valence-electron chi connectivity index (χ3n) is 7.58. The van der Waals surface area contributed by atoms with Crippen molar-refractivity contribution in [3.8, 4) is 16.9 Å². The Labute approximate surface area is 242 Å².